The normalized spacial score (nSPS) is 12.2. The highest BCUT2D eigenvalue weighted by molar-refractivity contribution is 9.10. The molecule has 1 N–H and O–H groups in total. The van der Waals surface area contributed by atoms with E-state index in [1.807, 2.05) is 18.2 Å². The van der Waals surface area contributed by atoms with Crippen molar-refractivity contribution in [3.05, 3.63) is 62.0 Å². The second-order valence-corrected chi connectivity index (χ2v) is 6.14. The number of rotatable bonds is 4. The molecule has 2 aromatic carbocycles. The van der Waals surface area contributed by atoms with Gasteiger partial charge in [-0.3, -0.25) is 0 Å². The van der Waals surface area contributed by atoms with Gasteiger partial charge < -0.3 is 9.84 Å². The lowest BCUT2D eigenvalue weighted by Crippen LogP contribution is -2.01. The highest BCUT2D eigenvalue weighted by atomic mass is 79.9. The Morgan fingerprint density at radius 1 is 1.20 bits per heavy atom. The monoisotopic (exact) mass is 374 g/mol. The van der Waals surface area contributed by atoms with Gasteiger partial charge in [0.15, 0.2) is 0 Å². The fraction of sp³-hybridized carbons (Fsp3) is 0.200. The number of hydrogen-bond acceptors (Lipinski definition) is 2. The van der Waals surface area contributed by atoms with Crippen LogP contribution in [0.5, 0.6) is 5.75 Å². The van der Waals surface area contributed by atoms with Crippen LogP contribution in [-0.4, -0.2) is 5.11 Å². The molecule has 0 aromatic heterocycles. The van der Waals surface area contributed by atoms with Crippen LogP contribution < -0.4 is 4.74 Å². The third-order valence-corrected chi connectivity index (χ3v) is 3.91. The van der Waals surface area contributed by atoms with E-state index in [4.69, 9.17) is 27.9 Å². The highest BCUT2D eigenvalue weighted by Crippen LogP contribution is 2.30. The first-order valence-corrected chi connectivity index (χ1v) is 7.56. The zero-order valence-electron chi connectivity index (χ0n) is 10.7. The van der Waals surface area contributed by atoms with E-state index in [-0.39, 0.29) is 6.61 Å². The summed E-state index contributed by atoms with van der Waals surface area (Å²) in [6, 6.07) is 10.7. The summed E-state index contributed by atoms with van der Waals surface area (Å²) in [6.45, 7) is 1.98. The molecule has 0 unspecified atom stereocenters. The molecule has 0 spiro atoms. The number of benzene rings is 2. The first-order valence-electron chi connectivity index (χ1n) is 6.01. The first kappa shape index (κ1) is 15.6. The molecule has 20 heavy (non-hydrogen) atoms. The molecule has 0 radical (unpaired) electrons. The van der Waals surface area contributed by atoms with Crippen molar-refractivity contribution in [3.63, 3.8) is 0 Å². The molecule has 0 aliphatic heterocycles. The average molecular weight is 376 g/mol. The predicted molar refractivity (Wildman–Crippen MR) is 85.6 cm³/mol. The number of hydrogen-bond donors (Lipinski definition) is 1. The van der Waals surface area contributed by atoms with Gasteiger partial charge in [0.25, 0.3) is 0 Å². The lowest BCUT2D eigenvalue weighted by atomic mass is 10.1. The second-order valence-electron chi connectivity index (χ2n) is 4.38. The number of aliphatic hydroxyl groups excluding tert-OH is 1. The zero-order chi connectivity index (χ0) is 14.7. The molecule has 5 heteroatoms. The number of halogens is 3. The summed E-state index contributed by atoms with van der Waals surface area (Å²) in [7, 11) is 0. The molecule has 2 rings (SSSR count). The van der Waals surface area contributed by atoms with E-state index in [1.165, 1.54) is 0 Å². The summed E-state index contributed by atoms with van der Waals surface area (Å²) < 4.78 is 6.65. The maximum Gasteiger partial charge on any atom is 0.126 e. The Labute approximate surface area is 136 Å². The van der Waals surface area contributed by atoms with Crippen molar-refractivity contribution < 1.29 is 9.84 Å². The van der Waals surface area contributed by atoms with Crippen LogP contribution in [0.2, 0.25) is 10.0 Å². The SMILES string of the molecule is C[C@H](O)c1ccc(Br)cc1OCc1cc(Cl)ccc1Cl. The van der Waals surface area contributed by atoms with Gasteiger partial charge in [-0.2, -0.15) is 0 Å². The van der Waals surface area contributed by atoms with Gasteiger partial charge in [-0.1, -0.05) is 45.2 Å². The molecule has 106 valence electrons. The van der Waals surface area contributed by atoms with E-state index in [1.54, 1.807) is 25.1 Å². The highest BCUT2D eigenvalue weighted by Gasteiger charge is 2.11. The van der Waals surface area contributed by atoms with Crippen molar-refractivity contribution in [2.45, 2.75) is 19.6 Å². The summed E-state index contributed by atoms with van der Waals surface area (Å²) in [4.78, 5) is 0. The smallest absolute Gasteiger partial charge is 0.126 e. The van der Waals surface area contributed by atoms with Gasteiger partial charge in [-0.15, -0.1) is 0 Å². The van der Waals surface area contributed by atoms with Gasteiger partial charge in [-0.25, -0.2) is 0 Å². The molecule has 2 nitrogen and oxygen atoms in total. The number of aliphatic hydroxyl groups is 1. The minimum atomic E-state index is -0.604. The summed E-state index contributed by atoms with van der Waals surface area (Å²) in [5.41, 5.74) is 1.53. The van der Waals surface area contributed by atoms with E-state index in [0.717, 1.165) is 15.6 Å². The van der Waals surface area contributed by atoms with Crippen molar-refractivity contribution in [1.82, 2.24) is 0 Å². The van der Waals surface area contributed by atoms with Gasteiger partial charge in [0, 0.05) is 25.6 Å². The van der Waals surface area contributed by atoms with Gasteiger partial charge in [0.2, 0.25) is 0 Å². The lowest BCUT2D eigenvalue weighted by molar-refractivity contribution is 0.190. The first-order chi connectivity index (χ1) is 9.47. The Bertz CT molecular complexity index is 615. The van der Waals surface area contributed by atoms with Crippen LogP contribution in [0.4, 0.5) is 0 Å². The molecule has 0 heterocycles. The van der Waals surface area contributed by atoms with Gasteiger partial charge in [-0.05, 0) is 37.3 Å². The lowest BCUT2D eigenvalue weighted by Gasteiger charge is -2.14. The van der Waals surface area contributed by atoms with E-state index in [2.05, 4.69) is 15.9 Å². The van der Waals surface area contributed by atoms with E-state index in [0.29, 0.717) is 15.8 Å². The zero-order valence-corrected chi connectivity index (χ0v) is 13.8. The van der Waals surface area contributed by atoms with Crippen LogP contribution >= 0.6 is 39.1 Å². The molecule has 2 aromatic rings. The Morgan fingerprint density at radius 3 is 2.65 bits per heavy atom. The minimum Gasteiger partial charge on any atom is -0.488 e. The van der Waals surface area contributed by atoms with Gasteiger partial charge in [0.1, 0.15) is 12.4 Å². The van der Waals surface area contributed by atoms with Crippen molar-refractivity contribution in [1.29, 1.82) is 0 Å². The molecule has 0 aliphatic rings. The van der Waals surface area contributed by atoms with Crippen molar-refractivity contribution in [2.75, 3.05) is 0 Å². The maximum atomic E-state index is 9.75. The summed E-state index contributed by atoms with van der Waals surface area (Å²) in [6.07, 6.45) is -0.604. The standard InChI is InChI=1S/C15H13BrCl2O2/c1-9(19)13-4-2-11(16)7-15(13)20-8-10-6-12(17)3-5-14(10)18/h2-7,9,19H,8H2,1H3/t9-/m0/s1. The van der Waals surface area contributed by atoms with E-state index >= 15 is 0 Å². The van der Waals surface area contributed by atoms with Crippen molar-refractivity contribution >= 4 is 39.1 Å². The van der Waals surface area contributed by atoms with Crippen molar-refractivity contribution in [3.8, 4) is 5.75 Å². The third kappa shape index (κ3) is 3.89. The quantitative estimate of drug-likeness (QED) is 0.776. The second kappa shape index (κ2) is 6.81. The third-order valence-electron chi connectivity index (χ3n) is 2.82. The predicted octanol–water partition coefficient (Wildman–Crippen LogP) is 5.39. The molecule has 0 amide bonds. The Balaban J connectivity index is 2.22. The Hall–Kier alpha value is -0.740. The van der Waals surface area contributed by atoms with E-state index in [9.17, 15) is 5.11 Å². The fourth-order valence-electron chi connectivity index (χ4n) is 1.79. The van der Waals surface area contributed by atoms with Crippen LogP contribution in [-0.2, 0) is 6.61 Å². The summed E-state index contributed by atoms with van der Waals surface area (Å²) >= 11 is 15.4. The van der Waals surface area contributed by atoms with Crippen LogP contribution in [0, 0.1) is 0 Å². The molecule has 1 atom stereocenters. The minimum absolute atomic E-state index is 0.287. The van der Waals surface area contributed by atoms with Crippen LogP contribution in [0.1, 0.15) is 24.2 Å². The molecule has 0 aliphatic carbocycles. The maximum absolute atomic E-state index is 9.75. The Kier molecular flexibility index (Phi) is 5.33. The van der Waals surface area contributed by atoms with Crippen LogP contribution in [0.25, 0.3) is 0 Å². The molecular formula is C15H13BrCl2O2. The summed E-state index contributed by atoms with van der Waals surface area (Å²) in [5.74, 6) is 0.616. The molecule has 0 bridgehead atoms. The number of ether oxygens (including phenoxy) is 1. The van der Waals surface area contributed by atoms with Gasteiger partial charge >= 0.3 is 0 Å². The molecular weight excluding hydrogens is 363 g/mol. The van der Waals surface area contributed by atoms with Crippen LogP contribution in [0.3, 0.4) is 0 Å². The van der Waals surface area contributed by atoms with Gasteiger partial charge in [0.05, 0.1) is 6.10 Å². The molecule has 0 fully saturated rings. The molecule has 0 saturated heterocycles. The summed E-state index contributed by atoms with van der Waals surface area (Å²) in [5, 5.41) is 11.0. The van der Waals surface area contributed by atoms with E-state index < -0.39 is 6.10 Å². The molecule has 0 saturated carbocycles. The van der Waals surface area contributed by atoms with Crippen LogP contribution in [0.15, 0.2) is 40.9 Å². The van der Waals surface area contributed by atoms with Crippen molar-refractivity contribution in [2.24, 2.45) is 0 Å². The topological polar surface area (TPSA) is 29.5 Å². The average Bonchev–Trinajstić information content (AvgIpc) is 2.39. The fourth-order valence-corrected chi connectivity index (χ4v) is 2.49. The Morgan fingerprint density at radius 2 is 1.95 bits per heavy atom. The largest absolute Gasteiger partial charge is 0.488 e.